The molecule has 0 aliphatic carbocycles. The first kappa shape index (κ1) is 22.1. The summed E-state index contributed by atoms with van der Waals surface area (Å²) in [6, 6.07) is 23.8. The molecule has 0 atom stereocenters. The van der Waals surface area contributed by atoms with Crippen molar-refractivity contribution in [3.05, 3.63) is 98.8 Å². The Morgan fingerprint density at radius 1 is 1.06 bits per heavy atom. The average molecular weight is 537 g/mol. The van der Waals surface area contributed by atoms with E-state index >= 15 is 0 Å². The number of hydrazone groups is 1. The standard InChI is InChI=1S/C26H24IN3O2/c1-3-32-22-14-10-20(11-15-22)26(31)29-28-16-24-18(2)30(25-7-5-4-6-23(24)25)17-19-8-12-21(27)13-9-19/h4-16H,3,17H2,1-2H3,(H,29,31)/b28-16+. The van der Waals surface area contributed by atoms with Crippen LogP contribution in [0.5, 0.6) is 5.75 Å². The van der Waals surface area contributed by atoms with Gasteiger partial charge in [-0.15, -0.1) is 0 Å². The minimum atomic E-state index is -0.260. The van der Waals surface area contributed by atoms with E-state index in [1.54, 1.807) is 30.5 Å². The summed E-state index contributed by atoms with van der Waals surface area (Å²) in [6.07, 6.45) is 1.73. The van der Waals surface area contributed by atoms with Crippen LogP contribution in [0.3, 0.4) is 0 Å². The molecule has 1 aromatic heterocycles. The molecule has 3 aromatic carbocycles. The predicted molar refractivity (Wildman–Crippen MR) is 138 cm³/mol. The topological polar surface area (TPSA) is 55.6 Å². The number of carbonyl (C=O) groups is 1. The summed E-state index contributed by atoms with van der Waals surface area (Å²) in [4.78, 5) is 12.5. The number of ether oxygens (including phenoxy) is 1. The lowest BCUT2D eigenvalue weighted by Gasteiger charge is -2.09. The third-order valence-electron chi connectivity index (χ3n) is 5.32. The van der Waals surface area contributed by atoms with E-state index in [9.17, 15) is 4.79 Å². The first-order chi connectivity index (χ1) is 15.6. The maximum atomic E-state index is 12.5. The molecule has 162 valence electrons. The molecule has 32 heavy (non-hydrogen) atoms. The summed E-state index contributed by atoms with van der Waals surface area (Å²) in [6.45, 7) is 5.37. The van der Waals surface area contributed by atoms with E-state index < -0.39 is 0 Å². The summed E-state index contributed by atoms with van der Waals surface area (Å²) in [7, 11) is 0. The average Bonchev–Trinajstić information content (AvgIpc) is 3.07. The molecule has 4 aromatic rings. The lowest BCUT2D eigenvalue weighted by molar-refractivity contribution is 0.0955. The summed E-state index contributed by atoms with van der Waals surface area (Å²) in [5.74, 6) is 0.480. The van der Waals surface area contributed by atoms with Crippen molar-refractivity contribution in [3.8, 4) is 5.75 Å². The Labute approximate surface area is 201 Å². The van der Waals surface area contributed by atoms with Crippen molar-refractivity contribution < 1.29 is 9.53 Å². The Kier molecular flexibility index (Phi) is 6.90. The number of rotatable bonds is 7. The van der Waals surface area contributed by atoms with E-state index in [-0.39, 0.29) is 5.91 Å². The van der Waals surface area contributed by atoms with Gasteiger partial charge in [0.2, 0.25) is 0 Å². The SMILES string of the molecule is CCOc1ccc(C(=O)N/N=C/c2c(C)n(Cc3ccc(I)cc3)c3ccccc23)cc1. The van der Waals surface area contributed by atoms with E-state index in [1.807, 2.05) is 19.1 Å². The van der Waals surface area contributed by atoms with Gasteiger partial charge in [0.05, 0.1) is 12.8 Å². The Balaban J connectivity index is 1.56. The highest BCUT2D eigenvalue weighted by atomic mass is 127. The van der Waals surface area contributed by atoms with E-state index in [1.165, 1.54) is 9.13 Å². The van der Waals surface area contributed by atoms with Gasteiger partial charge in [0.15, 0.2) is 0 Å². The van der Waals surface area contributed by atoms with Gasteiger partial charge in [-0.3, -0.25) is 4.79 Å². The highest BCUT2D eigenvalue weighted by molar-refractivity contribution is 14.1. The van der Waals surface area contributed by atoms with E-state index in [0.717, 1.165) is 34.5 Å². The van der Waals surface area contributed by atoms with Gasteiger partial charge in [-0.2, -0.15) is 5.10 Å². The number of nitrogens with zero attached hydrogens (tertiary/aromatic N) is 2. The number of hydrogen-bond acceptors (Lipinski definition) is 3. The summed E-state index contributed by atoms with van der Waals surface area (Å²) < 4.78 is 8.92. The summed E-state index contributed by atoms with van der Waals surface area (Å²) in [5, 5.41) is 5.36. The number of fused-ring (bicyclic) bond motifs is 1. The van der Waals surface area contributed by atoms with Gasteiger partial charge in [0, 0.05) is 37.8 Å². The van der Waals surface area contributed by atoms with Gasteiger partial charge >= 0.3 is 0 Å². The molecule has 0 fully saturated rings. The Hall–Kier alpha value is -3.13. The number of nitrogens with one attached hydrogen (secondary N) is 1. The Morgan fingerprint density at radius 2 is 1.78 bits per heavy atom. The van der Waals surface area contributed by atoms with Crippen molar-refractivity contribution >= 4 is 45.6 Å². The second kappa shape index (κ2) is 9.99. The molecule has 0 aliphatic heterocycles. The van der Waals surface area contributed by atoms with Crippen molar-refractivity contribution in [2.75, 3.05) is 6.61 Å². The molecule has 0 saturated heterocycles. The zero-order valence-electron chi connectivity index (χ0n) is 18.0. The largest absolute Gasteiger partial charge is 0.494 e. The van der Waals surface area contributed by atoms with Gasteiger partial charge in [0.1, 0.15) is 5.75 Å². The van der Waals surface area contributed by atoms with Gasteiger partial charge in [-0.05, 0) is 84.5 Å². The number of carbonyl (C=O) groups excluding carboxylic acids is 1. The van der Waals surface area contributed by atoms with Crippen LogP contribution < -0.4 is 10.2 Å². The van der Waals surface area contributed by atoms with E-state index in [4.69, 9.17) is 4.74 Å². The fourth-order valence-electron chi connectivity index (χ4n) is 3.69. The molecule has 0 bridgehead atoms. The van der Waals surface area contributed by atoms with Crippen LogP contribution in [0.1, 0.15) is 34.1 Å². The molecular formula is C26H24IN3O2. The van der Waals surface area contributed by atoms with Crippen LogP contribution in [0.2, 0.25) is 0 Å². The highest BCUT2D eigenvalue weighted by Crippen LogP contribution is 2.25. The maximum Gasteiger partial charge on any atom is 0.271 e. The zero-order valence-corrected chi connectivity index (χ0v) is 20.2. The smallest absolute Gasteiger partial charge is 0.271 e. The minimum Gasteiger partial charge on any atom is -0.494 e. The number of aromatic nitrogens is 1. The minimum absolute atomic E-state index is 0.260. The van der Waals surface area contributed by atoms with Crippen LogP contribution in [-0.4, -0.2) is 23.3 Å². The monoisotopic (exact) mass is 537 g/mol. The van der Waals surface area contributed by atoms with Crippen LogP contribution in [0.25, 0.3) is 10.9 Å². The third kappa shape index (κ3) is 4.85. The zero-order chi connectivity index (χ0) is 22.5. The molecule has 0 aliphatic rings. The van der Waals surface area contributed by atoms with Crippen LogP contribution in [-0.2, 0) is 6.54 Å². The van der Waals surface area contributed by atoms with Crippen molar-refractivity contribution in [1.82, 2.24) is 9.99 Å². The number of amides is 1. The molecule has 0 radical (unpaired) electrons. The lowest BCUT2D eigenvalue weighted by atomic mass is 10.1. The Morgan fingerprint density at radius 3 is 2.50 bits per heavy atom. The number of para-hydroxylation sites is 1. The molecule has 6 heteroatoms. The fraction of sp³-hybridized carbons (Fsp3) is 0.154. The first-order valence-corrected chi connectivity index (χ1v) is 11.5. The second-order valence-corrected chi connectivity index (χ2v) is 8.63. The van der Waals surface area contributed by atoms with Crippen molar-refractivity contribution in [3.63, 3.8) is 0 Å². The van der Waals surface area contributed by atoms with Crippen molar-refractivity contribution in [2.24, 2.45) is 5.10 Å². The van der Waals surface area contributed by atoms with E-state index in [2.05, 4.69) is 81.0 Å². The molecule has 0 spiro atoms. The van der Waals surface area contributed by atoms with Crippen LogP contribution in [0, 0.1) is 10.5 Å². The third-order valence-corrected chi connectivity index (χ3v) is 6.04. The Bertz CT molecular complexity index is 1260. The van der Waals surface area contributed by atoms with Gasteiger partial charge in [-0.25, -0.2) is 5.43 Å². The van der Waals surface area contributed by atoms with E-state index in [0.29, 0.717) is 12.2 Å². The number of hydrogen-bond donors (Lipinski definition) is 1. The van der Waals surface area contributed by atoms with Crippen LogP contribution in [0.4, 0.5) is 0 Å². The first-order valence-electron chi connectivity index (χ1n) is 10.5. The van der Waals surface area contributed by atoms with Crippen LogP contribution >= 0.6 is 22.6 Å². The molecule has 1 amide bonds. The van der Waals surface area contributed by atoms with Crippen molar-refractivity contribution in [1.29, 1.82) is 0 Å². The molecule has 5 nitrogen and oxygen atoms in total. The summed E-state index contributed by atoms with van der Waals surface area (Å²) >= 11 is 2.32. The summed E-state index contributed by atoms with van der Waals surface area (Å²) in [5.41, 5.74) is 7.64. The lowest BCUT2D eigenvalue weighted by Crippen LogP contribution is -2.17. The molecule has 1 N–H and O–H groups in total. The molecular weight excluding hydrogens is 513 g/mol. The van der Waals surface area contributed by atoms with Gasteiger partial charge in [0.25, 0.3) is 5.91 Å². The van der Waals surface area contributed by atoms with Gasteiger partial charge < -0.3 is 9.30 Å². The highest BCUT2D eigenvalue weighted by Gasteiger charge is 2.13. The molecule has 0 unspecified atom stereocenters. The van der Waals surface area contributed by atoms with Crippen molar-refractivity contribution in [2.45, 2.75) is 20.4 Å². The fourth-order valence-corrected chi connectivity index (χ4v) is 4.05. The molecule has 4 rings (SSSR count). The normalized spacial score (nSPS) is 11.2. The quantitative estimate of drug-likeness (QED) is 0.185. The molecule has 0 saturated carbocycles. The predicted octanol–water partition coefficient (Wildman–Crippen LogP) is 5.77. The van der Waals surface area contributed by atoms with Crippen LogP contribution in [0.15, 0.2) is 77.9 Å². The molecule has 1 heterocycles. The second-order valence-electron chi connectivity index (χ2n) is 7.39. The number of halogens is 1. The maximum absolute atomic E-state index is 12.5. The number of benzene rings is 3. The van der Waals surface area contributed by atoms with Gasteiger partial charge in [-0.1, -0.05) is 30.3 Å².